The second kappa shape index (κ2) is 6.53. The van der Waals surface area contributed by atoms with Gasteiger partial charge in [0.05, 0.1) is 12.5 Å². The van der Waals surface area contributed by atoms with Crippen LogP contribution in [0.1, 0.15) is 56.6 Å². The first-order chi connectivity index (χ1) is 11.7. The minimum absolute atomic E-state index is 0.0305. The van der Waals surface area contributed by atoms with E-state index in [-0.39, 0.29) is 17.7 Å². The van der Waals surface area contributed by atoms with Crippen molar-refractivity contribution in [2.24, 2.45) is 5.92 Å². The van der Waals surface area contributed by atoms with Gasteiger partial charge in [0, 0.05) is 32.0 Å². The molecule has 0 radical (unpaired) electrons. The van der Waals surface area contributed by atoms with Crippen LogP contribution in [-0.4, -0.2) is 44.1 Å². The molecule has 3 heterocycles. The summed E-state index contributed by atoms with van der Waals surface area (Å²) < 4.78 is 2.12. The molecule has 130 valence electrons. The van der Waals surface area contributed by atoms with Crippen LogP contribution >= 0.6 is 0 Å². The van der Waals surface area contributed by atoms with E-state index in [4.69, 9.17) is 0 Å². The quantitative estimate of drug-likeness (QED) is 0.893. The molecule has 4 rings (SSSR count). The van der Waals surface area contributed by atoms with Gasteiger partial charge in [-0.3, -0.25) is 9.59 Å². The fourth-order valence-corrected chi connectivity index (χ4v) is 4.29. The third-order valence-corrected chi connectivity index (χ3v) is 5.65. The molecule has 1 aliphatic carbocycles. The monoisotopic (exact) mass is 331 g/mol. The van der Waals surface area contributed by atoms with Gasteiger partial charge in [-0.25, -0.2) is 0 Å². The van der Waals surface area contributed by atoms with Crippen molar-refractivity contribution in [3.63, 3.8) is 0 Å². The van der Waals surface area contributed by atoms with E-state index < -0.39 is 0 Å². The highest BCUT2D eigenvalue weighted by molar-refractivity contribution is 5.89. The highest BCUT2D eigenvalue weighted by atomic mass is 16.2. The average Bonchev–Trinajstić information content (AvgIpc) is 3.32. The average molecular weight is 331 g/mol. The van der Waals surface area contributed by atoms with Crippen molar-refractivity contribution in [3.8, 4) is 0 Å². The predicted octanol–water partition coefficient (Wildman–Crippen LogP) is 1.02. The van der Waals surface area contributed by atoms with Gasteiger partial charge in [-0.1, -0.05) is 12.8 Å². The van der Waals surface area contributed by atoms with E-state index in [1.54, 1.807) is 0 Å². The summed E-state index contributed by atoms with van der Waals surface area (Å²) in [5.41, 5.74) is 0. The third kappa shape index (κ3) is 2.91. The number of nitrogens with one attached hydrogen (secondary N) is 1. The molecule has 2 aliphatic heterocycles. The maximum absolute atomic E-state index is 12.5. The molecule has 1 N–H and O–H groups in total. The summed E-state index contributed by atoms with van der Waals surface area (Å²) in [6.45, 7) is 1.91. The molecule has 24 heavy (non-hydrogen) atoms. The first kappa shape index (κ1) is 15.6. The highest BCUT2D eigenvalue weighted by Gasteiger charge is 2.38. The number of hydrogen-bond acceptors (Lipinski definition) is 4. The number of amides is 2. The Morgan fingerprint density at radius 3 is 2.83 bits per heavy atom. The Kier molecular flexibility index (Phi) is 4.24. The van der Waals surface area contributed by atoms with Crippen molar-refractivity contribution in [3.05, 3.63) is 11.6 Å². The van der Waals surface area contributed by atoms with Gasteiger partial charge >= 0.3 is 0 Å². The lowest BCUT2D eigenvalue weighted by Crippen LogP contribution is -2.37. The molecule has 0 bridgehead atoms. The van der Waals surface area contributed by atoms with Gasteiger partial charge in [-0.05, 0) is 25.7 Å². The maximum atomic E-state index is 12.5. The SMILES string of the molecule is O=C(NCc1nnc2n1CCCC2)C1CC(=O)N(C2CCCC2)C1. The van der Waals surface area contributed by atoms with E-state index >= 15 is 0 Å². The van der Waals surface area contributed by atoms with E-state index in [9.17, 15) is 9.59 Å². The normalized spacial score (nSPS) is 24.4. The number of rotatable bonds is 4. The molecule has 0 spiro atoms. The zero-order valence-electron chi connectivity index (χ0n) is 14.0. The Labute approximate surface area is 141 Å². The van der Waals surface area contributed by atoms with Crippen LogP contribution in [0.2, 0.25) is 0 Å². The highest BCUT2D eigenvalue weighted by Crippen LogP contribution is 2.29. The summed E-state index contributed by atoms with van der Waals surface area (Å²) in [5, 5.41) is 11.4. The number of aryl methyl sites for hydroxylation is 1. The van der Waals surface area contributed by atoms with Crippen molar-refractivity contribution in [1.82, 2.24) is 25.0 Å². The van der Waals surface area contributed by atoms with Crippen LogP contribution in [-0.2, 0) is 29.1 Å². The lowest BCUT2D eigenvalue weighted by Gasteiger charge is -2.23. The Morgan fingerprint density at radius 2 is 2.00 bits per heavy atom. The zero-order valence-corrected chi connectivity index (χ0v) is 14.0. The summed E-state index contributed by atoms with van der Waals surface area (Å²) in [4.78, 5) is 26.6. The lowest BCUT2D eigenvalue weighted by molar-refractivity contribution is -0.130. The molecular formula is C17H25N5O2. The topological polar surface area (TPSA) is 80.1 Å². The van der Waals surface area contributed by atoms with Crippen molar-refractivity contribution >= 4 is 11.8 Å². The molecule has 0 aromatic carbocycles. The van der Waals surface area contributed by atoms with Gasteiger partial charge < -0.3 is 14.8 Å². The largest absolute Gasteiger partial charge is 0.348 e. The molecular weight excluding hydrogens is 306 g/mol. The number of likely N-dealkylation sites (tertiary alicyclic amines) is 1. The van der Waals surface area contributed by atoms with Gasteiger partial charge in [0.25, 0.3) is 0 Å². The van der Waals surface area contributed by atoms with Crippen LogP contribution in [0.4, 0.5) is 0 Å². The van der Waals surface area contributed by atoms with Crippen LogP contribution in [0.15, 0.2) is 0 Å². The summed E-state index contributed by atoms with van der Waals surface area (Å²) >= 11 is 0. The first-order valence-corrected chi connectivity index (χ1v) is 9.20. The smallest absolute Gasteiger partial charge is 0.225 e. The van der Waals surface area contributed by atoms with Crippen LogP contribution in [0.3, 0.4) is 0 Å². The van der Waals surface area contributed by atoms with Gasteiger partial charge in [-0.2, -0.15) is 0 Å². The molecule has 7 heteroatoms. The number of fused-ring (bicyclic) bond motifs is 1. The summed E-state index contributed by atoms with van der Waals surface area (Å²) in [6.07, 6.45) is 8.18. The number of aromatic nitrogens is 3. The fourth-order valence-electron chi connectivity index (χ4n) is 4.29. The molecule has 1 aromatic rings. The molecule has 7 nitrogen and oxygen atoms in total. The lowest BCUT2D eigenvalue weighted by atomic mass is 10.1. The second-order valence-corrected chi connectivity index (χ2v) is 7.24. The third-order valence-electron chi connectivity index (χ3n) is 5.65. The van der Waals surface area contributed by atoms with Crippen molar-refractivity contribution in [2.75, 3.05) is 6.54 Å². The van der Waals surface area contributed by atoms with Crippen LogP contribution in [0.25, 0.3) is 0 Å². The Balaban J connectivity index is 1.33. The minimum Gasteiger partial charge on any atom is -0.348 e. The Morgan fingerprint density at radius 1 is 1.17 bits per heavy atom. The molecule has 1 unspecified atom stereocenters. The Bertz CT molecular complexity index is 635. The van der Waals surface area contributed by atoms with E-state index in [1.807, 2.05) is 4.90 Å². The molecule has 3 aliphatic rings. The van der Waals surface area contributed by atoms with Gasteiger partial charge in [0.1, 0.15) is 5.82 Å². The maximum Gasteiger partial charge on any atom is 0.225 e. The van der Waals surface area contributed by atoms with Gasteiger partial charge in [0.2, 0.25) is 11.8 Å². The van der Waals surface area contributed by atoms with E-state index in [2.05, 4.69) is 20.1 Å². The van der Waals surface area contributed by atoms with Gasteiger partial charge in [0.15, 0.2) is 5.82 Å². The van der Waals surface area contributed by atoms with E-state index in [0.717, 1.165) is 50.3 Å². The van der Waals surface area contributed by atoms with E-state index in [0.29, 0.717) is 25.6 Å². The molecule has 1 atom stereocenters. The van der Waals surface area contributed by atoms with E-state index in [1.165, 1.54) is 12.8 Å². The molecule has 1 aromatic heterocycles. The molecule has 1 saturated heterocycles. The molecule has 2 amide bonds. The summed E-state index contributed by atoms with van der Waals surface area (Å²) in [6, 6.07) is 0.360. The van der Waals surface area contributed by atoms with Crippen molar-refractivity contribution in [1.29, 1.82) is 0 Å². The van der Waals surface area contributed by atoms with Crippen LogP contribution < -0.4 is 5.32 Å². The second-order valence-electron chi connectivity index (χ2n) is 7.24. The van der Waals surface area contributed by atoms with Crippen molar-refractivity contribution in [2.45, 2.75) is 70.5 Å². The fraction of sp³-hybridized carbons (Fsp3) is 0.765. The first-order valence-electron chi connectivity index (χ1n) is 9.20. The predicted molar refractivity (Wildman–Crippen MR) is 86.9 cm³/mol. The van der Waals surface area contributed by atoms with Crippen LogP contribution in [0.5, 0.6) is 0 Å². The minimum atomic E-state index is -0.221. The standard InChI is InChI=1S/C17H25N5O2/c23-16-9-12(11-22(16)13-5-1-2-6-13)17(24)18-10-15-20-19-14-7-3-4-8-21(14)15/h12-13H,1-11H2,(H,18,24). The number of carbonyl (C=O) groups is 2. The summed E-state index contributed by atoms with van der Waals surface area (Å²) in [5.74, 6) is 1.74. The summed E-state index contributed by atoms with van der Waals surface area (Å²) in [7, 11) is 0. The number of hydrogen-bond donors (Lipinski definition) is 1. The van der Waals surface area contributed by atoms with Gasteiger partial charge in [-0.15, -0.1) is 10.2 Å². The number of nitrogens with zero attached hydrogens (tertiary/aromatic N) is 4. The number of carbonyl (C=O) groups excluding carboxylic acids is 2. The van der Waals surface area contributed by atoms with Crippen molar-refractivity contribution < 1.29 is 9.59 Å². The Hall–Kier alpha value is -1.92. The van der Waals surface area contributed by atoms with Crippen LogP contribution in [0, 0.1) is 5.92 Å². The molecule has 2 fully saturated rings. The molecule has 1 saturated carbocycles. The zero-order chi connectivity index (χ0) is 16.5.